The molecule has 1 aliphatic heterocycles. The Bertz CT molecular complexity index is 219. The van der Waals surface area contributed by atoms with Crippen LogP contribution in [0.2, 0.25) is 0 Å². The Labute approximate surface area is 103 Å². The zero-order valence-electron chi connectivity index (χ0n) is 12.4. The van der Waals surface area contributed by atoms with E-state index in [1.165, 1.54) is 25.8 Å². The number of hydrogen-bond acceptors (Lipinski definition) is 1. The average molecular weight is 225 g/mol. The second-order valence-corrected chi connectivity index (χ2v) is 7.54. The van der Waals surface area contributed by atoms with Crippen LogP contribution in [0.15, 0.2) is 0 Å². The van der Waals surface area contributed by atoms with Crippen LogP contribution in [-0.2, 0) is 0 Å². The number of rotatable bonds is 1. The highest BCUT2D eigenvalue weighted by Gasteiger charge is 2.39. The number of nitrogens with zero attached hydrogens (tertiary/aromatic N) is 1. The Hall–Kier alpha value is -0.0400. The van der Waals surface area contributed by atoms with Gasteiger partial charge in [-0.25, -0.2) is 0 Å². The zero-order chi connectivity index (χ0) is 12.6. The molecule has 1 nitrogen and oxygen atoms in total. The zero-order valence-corrected chi connectivity index (χ0v) is 12.4. The van der Waals surface area contributed by atoms with Crippen molar-refractivity contribution in [3.05, 3.63) is 0 Å². The molecule has 0 saturated carbocycles. The first-order valence-electron chi connectivity index (χ1n) is 6.93. The maximum Gasteiger partial charge on any atom is 0.0152 e. The van der Waals surface area contributed by atoms with Gasteiger partial charge in [-0.3, -0.25) is 4.90 Å². The van der Waals surface area contributed by atoms with Crippen molar-refractivity contribution in [2.45, 2.75) is 79.3 Å². The van der Waals surface area contributed by atoms with E-state index >= 15 is 0 Å². The molecule has 0 N–H and O–H groups in total. The van der Waals surface area contributed by atoms with Gasteiger partial charge >= 0.3 is 0 Å². The van der Waals surface area contributed by atoms with E-state index in [-0.39, 0.29) is 0 Å². The Kier molecular flexibility index (Phi) is 4.10. The molecular weight excluding hydrogens is 194 g/mol. The van der Waals surface area contributed by atoms with Crippen LogP contribution in [-0.4, -0.2) is 23.0 Å². The van der Waals surface area contributed by atoms with Crippen LogP contribution in [0.5, 0.6) is 0 Å². The number of piperidine rings is 1. The Morgan fingerprint density at radius 3 is 2.00 bits per heavy atom. The molecule has 2 unspecified atom stereocenters. The average Bonchev–Trinajstić information content (AvgIpc) is 2.14. The van der Waals surface area contributed by atoms with Gasteiger partial charge in [-0.2, -0.15) is 0 Å². The molecule has 0 aliphatic carbocycles. The summed E-state index contributed by atoms with van der Waals surface area (Å²) < 4.78 is 0. The van der Waals surface area contributed by atoms with E-state index in [1.54, 1.807) is 0 Å². The van der Waals surface area contributed by atoms with Gasteiger partial charge in [0.1, 0.15) is 0 Å². The second-order valence-electron chi connectivity index (χ2n) is 7.54. The highest BCUT2D eigenvalue weighted by atomic mass is 15.2. The van der Waals surface area contributed by atoms with Gasteiger partial charge in [0.15, 0.2) is 0 Å². The minimum absolute atomic E-state index is 0.316. The summed E-state index contributed by atoms with van der Waals surface area (Å²) in [6, 6.07) is 0.742. The third-order valence-electron chi connectivity index (χ3n) is 4.15. The summed E-state index contributed by atoms with van der Waals surface area (Å²) in [5.41, 5.74) is 0.720. The van der Waals surface area contributed by atoms with Gasteiger partial charge < -0.3 is 0 Å². The van der Waals surface area contributed by atoms with Crippen molar-refractivity contribution in [3.8, 4) is 0 Å². The molecule has 0 aromatic rings. The summed E-state index contributed by atoms with van der Waals surface area (Å²) in [5, 5.41) is 0. The summed E-state index contributed by atoms with van der Waals surface area (Å²) in [6.45, 7) is 17.9. The smallest absolute Gasteiger partial charge is 0.0152 e. The summed E-state index contributed by atoms with van der Waals surface area (Å²) >= 11 is 0. The van der Waals surface area contributed by atoms with Gasteiger partial charge in [-0.15, -0.1) is 0 Å². The maximum absolute atomic E-state index is 2.74. The first-order valence-corrected chi connectivity index (χ1v) is 6.93. The summed E-state index contributed by atoms with van der Waals surface area (Å²) in [4.78, 5) is 2.74. The quantitative estimate of drug-likeness (QED) is 0.642. The molecule has 1 heteroatoms. The summed E-state index contributed by atoms with van der Waals surface area (Å²) in [5.74, 6) is 0.947. The van der Waals surface area contributed by atoms with Crippen molar-refractivity contribution < 1.29 is 0 Å². The lowest BCUT2D eigenvalue weighted by Crippen LogP contribution is -2.56. The van der Waals surface area contributed by atoms with E-state index in [2.05, 4.69) is 53.4 Å². The topological polar surface area (TPSA) is 3.24 Å². The van der Waals surface area contributed by atoms with E-state index in [9.17, 15) is 0 Å². The fraction of sp³-hybridized carbons (Fsp3) is 1.00. The maximum atomic E-state index is 2.74. The Morgan fingerprint density at radius 1 is 1.06 bits per heavy atom. The molecule has 0 aromatic carbocycles. The molecular formula is C15H31N. The van der Waals surface area contributed by atoms with Crippen molar-refractivity contribution in [1.29, 1.82) is 0 Å². The fourth-order valence-corrected chi connectivity index (χ4v) is 3.03. The van der Waals surface area contributed by atoms with E-state index < -0.39 is 0 Å². The fourth-order valence-electron chi connectivity index (χ4n) is 3.03. The first kappa shape index (κ1) is 14.0. The SMILES string of the molecule is CCC1CCN(C(C)(C)C)C(C(C)(C)C)C1. The third kappa shape index (κ3) is 3.23. The van der Waals surface area contributed by atoms with Crippen LogP contribution in [0.1, 0.15) is 67.7 Å². The van der Waals surface area contributed by atoms with Gasteiger partial charge in [0.2, 0.25) is 0 Å². The number of hydrogen-bond donors (Lipinski definition) is 0. The van der Waals surface area contributed by atoms with Crippen LogP contribution in [0.25, 0.3) is 0 Å². The molecule has 0 amide bonds. The molecule has 1 fully saturated rings. The lowest BCUT2D eigenvalue weighted by atomic mass is 9.74. The molecule has 2 atom stereocenters. The largest absolute Gasteiger partial charge is 0.295 e. The van der Waals surface area contributed by atoms with Gasteiger partial charge in [-0.1, -0.05) is 34.1 Å². The van der Waals surface area contributed by atoms with E-state index in [0.29, 0.717) is 11.0 Å². The monoisotopic (exact) mass is 225 g/mol. The third-order valence-corrected chi connectivity index (χ3v) is 4.15. The summed E-state index contributed by atoms with van der Waals surface area (Å²) in [7, 11) is 0. The van der Waals surface area contributed by atoms with Crippen LogP contribution in [0, 0.1) is 11.3 Å². The number of likely N-dealkylation sites (tertiary alicyclic amines) is 1. The van der Waals surface area contributed by atoms with Crippen molar-refractivity contribution in [1.82, 2.24) is 4.90 Å². The molecule has 1 aliphatic rings. The molecule has 0 radical (unpaired) electrons. The van der Waals surface area contributed by atoms with E-state index in [4.69, 9.17) is 0 Å². The van der Waals surface area contributed by atoms with Crippen LogP contribution in [0.4, 0.5) is 0 Å². The Morgan fingerprint density at radius 2 is 1.62 bits per heavy atom. The van der Waals surface area contributed by atoms with Crippen molar-refractivity contribution in [2.75, 3.05) is 6.54 Å². The second kappa shape index (κ2) is 4.68. The minimum atomic E-state index is 0.316. The standard InChI is InChI=1S/C15H31N/c1-8-12-9-10-16(15(5,6)7)13(11-12)14(2,3)4/h12-13H,8-11H2,1-7H3. The van der Waals surface area contributed by atoms with Crippen molar-refractivity contribution in [3.63, 3.8) is 0 Å². The van der Waals surface area contributed by atoms with Gasteiger partial charge in [-0.05, 0) is 51.5 Å². The molecule has 0 aromatic heterocycles. The van der Waals surface area contributed by atoms with Crippen molar-refractivity contribution in [2.24, 2.45) is 11.3 Å². The highest BCUT2D eigenvalue weighted by molar-refractivity contribution is 4.94. The predicted octanol–water partition coefficient (Wildman–Crippen LogP) is 4.32. The molecule has 16 heavy (non-hydrogen) atoms. The molecule has 1 saturated heterocycles. The predicted molar refractivity (Wildman–Crippen MR) is 72.7 cm³/mol. The molecule has 0 spiro atoms. The van der Waals surface area contributed by atoms with Crippen LogP contribution >= 0.6 is 0 Å². The lowest BCUT2D eigenvalue weighted by Gasteiger charge is -2.52. The Balaban J connectivity index is 2.85. The van der Waals surface area contributed by atoms with Gasteiger partial charge in [0.25, 0.3) is 0 Å². The summed E-state index contributed by atoms with van der Waals surface area (Å²) in [6.07, 6.45) is 4.13. The van der Waals surface area contributed by atoms with Gasteiger partial charge in [0, 0.05) is 11.6 Å². The molecule has 0 bridgehead atoms. The van der Waals surface area contributed by atoms with Crippen LogP contribution in [0.3, 0.4) is 0 Å². The van der Waals surface area contributed by atoms with Crippen molar-refractivity contribution >= 4 is 0 Å². The normalized spacial score (nSPS) is 29.4. The molecule has 1 rings (SSSR count). The molecule has 96 valence electrons. The molecule has 1 heterocycles. The van der Waals surface area contributed by atoms with E-state index in [0.717, 1.165) is 12.0 Å². The first-order chi connectivity index (χ1) is 7.16. The van der Waals surface area contributed by atoms with E-state index in [1.807, 2.05) is 0 Å². The lowest BCUT2D eigenvalue weighted by molar-refractivity contribution is -0.0227. The highest BCUT2D eigenvalue weighted by Crippen LogP contribution is 2.38. The minimum Gasteiger partial charge on any atom is -0.295 e. The van der Waals surface area contributed by atoms with Gasteiger partial charge in [0.05, 0.1) is 0 Å². The van der Waals surface area contributed by atoms with Crippen LogP contribution < -0.4 is 0 Å².